The first kappa shape index (κ1) is 17.9. The molecule has 1 aliphatic heterocycles. The average molecular weight is 356 g/mol. The van der Waals surface area contributed by atoms with Gasteiger partial charge in [0.2, 0.25) is 5.91 Å². The topological polar surface area (TPSA) is 58.6 Å². The second-order valence-corrected chi connectivity index (χ2v) is 6.27. The Morgan fingerprint density at radius 3 is 2.35 bits per heavy atom. The fourth-order valence-electron chi connectivity index (χ4n) is 3.14. The molecule has 0 spiro atoms. The zero-order valence-corrected chi connectivity index (χ0v) is 14.6. The van der Waals surface area contributed by atoms with Crippen LogP contribution >= 0.6 is 0 Å². The molecule has 3 rings (SSSR count). The Labute approximate surface area is 151 Å². The molecule has 0 aromatic heterocycles. The van der Waals surface area contributed by atoms with Crippen LogP contribution < -0.4 is 10.2 Å². The highest BCUT2D eigenvalue weighted by Crippen LogP contribution is 2.26. The maximum atomic E-state index is 13.9. The Bertz CT molecular complexity index is 784. The molecule has 0 unspecified atom stereocenters. The standard InChI is InChI=1S/C20H21FN2O3/c1-26-20(25)15-6-8-16(9-7-15)22-19(24)14-10-12-23(13-11-14)18-5-3-2-4-17(18)21/h2-9,14H,10-13H2,1H3,(H,22,24). The van der Waals surface area contributed by atoms with Gasteiger partial charge in [0.05, 0.1) is 18.4 Å². The predicted molar refractivity (Wildman–Crippen MR) is 97.7 cm³/mol. The van der Waals surface area contributed by atoms with Gasteiger partial charge in [-0.3, -0.25) is 4.79 Å². The fraction of sp³-hybridized carbons (Fsp3) is 0.300. The van der Waals surface area contributed by atoms with E-state index in [0.29, 0.717) is 42.9 Å². The molecule has 6 heteroatoms. The number of amides is 1. The lowest BCUT2D eigenvalue weighted by Gasteiger charge is -2.33. The molecular formula is C20H21FN2O3. The lowest BCUT2D eigenvalue weighted by Crippen LogP contribution is -2.38. The molecule has 1 heterocycles. The molecule has 1 amide bonds. The van der Waals surface area contributed by atoms with Crippen molar-refractivity contribution in [3.05, 3.63) is 59.9 Å². The van der Waals surface area contributed by atoms with Gasteiger partial charge in [-0.15, -0.1) is 0 Å². The van der Waals surface area contributed by atoms with Crippen molar-refractivity contribution in [2.45, 2.75) is 12.8 Å². The van der Waals surface area contributed by atoms with Crippen LogP contribution in [0.4, 0.5) is 15.8 Å². The number of nitrogens with zero attached hydrogens (tertiary/aromatic N) is 1. The number of esters is 1. The van der Waals surface area contributed by atoms with Crippen molar-refractivity contribution >= 4 is 23.3 Å². The van der Waals surface area contributed by atoms with Crippen LogP contribution in [0.5, 0.6) is 0 Å². The highest BCUT2D eigenvalue weighted by atomic mass is 19.1. The summed E-state index contributed by atoms with van der Waals surface area (Å²) in [6.07, 6.45) is 1.33. The molecule has 136 valence electrons. The molecule has 0 radical (unpaired) electrons. The molecule has 0 bridgehead atoms. The summed E-state index contributed by atoms with van der Waals surface area (Å²) in [6, 6.07) is 13.3. The summed E-state index contributed by atoms with van der Waals surface area (Å²) in [4.78, 5) is 25.9. The van der Waals surface area contributed by atoms with Crippen LogP contribution in [0, 0.1) is 11.7 Å². The summed E-state index contributed by atoms with van der Waals surface area (Å²) in [5.74, 6) is -0.813. The maximum Gasteiger partial charge on any atom is 0.337 e. The predicted octanol–water partition coefficient (Wildman–Crippen LogP) is 3.47. The summed E-state index contributed by atoms with van der Waals surface area (Å²) < 4.78 is 18.5. The van der Waals surface area contributed by atoms with Crippen LogP contribution in [0.3, 0.4) is 0 Å². The van der Waals surface area contributed by atoms with Gasteiger partial charge < -0.3 is 15.0 Å². The first-order valence-electron chi connectivity index (χ1n) is 8.57. The minimum Gasteiger partial charge on any atom is -0.465 e. The van der Waals surface area contributed by atoms with E-state index in [9.17, 15) is 14.0 Å². The van der Waals surface area contributed by atoms with Gasteiger partial charge in [0.1, 0.15) is 5.82 Å². The number of carbonyl (C=O) groups is 2. The molecule has 2 aromatic rings. The number of piperidine rings is 1. The lowest BCUT2D eigenvalue weighted by atomic mass is 9.95. The zero-order chi connectivity index (χ0) is 18.5. The van der Waals surface area contributed by atoms with E-state index in [2.05, 4.69) is 10.1 Å². The van der Waals surface area contributed by atoms with Crippen LogP contribution in [-0.2, 0) is 9.53 Å². The molecule has 0 aliphatic carbocycles. The summed E-state index contributed by atoms with van der Waals surface area (Å²) in [6.45, 7) is 1.28. The molecular weight excluding hydrogens is 335 g/mol. The summed E-state index contributed by atoms with van der Waals surface area (Å²) in [5, 5.41) is 2.88. The third-order valence-corrected chi connectivity index (χ3v) is 4.63. The number of para-hydroxylation sites is 1. The van der Waals surface area contributed by atoms with Gasteiger partial charge in [0.15, 0.2) is 0 Å². The second kappa shape index (κ2) is 7.99. The van der Waals surface area contributed by atoms with E-state index in [1.165, 1.54) is 13.2 Å². The number of rotatable bonds is 4. The van der Waals surface area contributed by atoms with Crippen LogP contribution in [-0.4, -0.2) is 32.1 Å². The smallest absolute Gasteiger partial charge is 0.337 e. The van der Waals surface area contributed by atoms with Gasteiger partial charge in [-0.05, 0) is 49.2 Å². The number of methoxy groups -OCH3 is 1. The lowest BCUT2D eigenvalue weighted by molar-refractivity contribution is -0.120. The number of halogens is 1. The highest BCUT2D eigenvalue weighted by Gasteiger charge is 2.26. The van der Waals surface area contributed by atoms with Gasteiger partial charge in [-0.1, -0.05) is 12.1 Å². The Morgan fingerprint density at radius 1 is 1.08 bits per heavy atom. The Balaban J connectivity index is 1.55. The SMILES string of the molecule is COC(=O)c1ccc(NC(=O)C2CCN(c3ccccc3F)CC2)cc1. The number of nitrogens with one attached hydrogen (secondary N) is 1. The highest BCUT2D eigenvalue weighted by molar-refractivity contribution is 5.94. The molecule has 0 atom stereocenters. The van der Waals surface area contributed by atoms with Gasteiger partial charge in [0.25, 0.3) is 0 Å². The van der Waals surface area contributed by atoms with Crippen molar-refractivity contribution < 1.29 is 18.7 Å². The monoisotopic (exact) mass is 356 g/mol. The molecule has 0 saturated carbocycles. The van der Waals surface area contributed by atoms with Crippen LogP contribution in [0.2, 0.25) is 0 Å². The van der Waals surface area contributed by atoms with Crippen LogP contribution in [0.25, 0.3) is 0 Å². The first-order chi connectivity index (χ1) is 12.6. The van der Waals surface area contributed by atoms with Crippen molar-refractivity contribution in [3.63, 3.8) is 0 Å². The van der Waals surface area contributed by atoms with E-state index < -0.39 is 5.97 Å². The van der Waals surface area contributed by atoms with E-state index in [0.717, 1.165) is 0 Å². The van der Waals surface area contributed by atoms with Gasteiger partial charge >= 0.3 is 5.97 Å². The van der Waals surface area contributed by atoms with Crippen molar-refractivity contribution in [1.82, 2.24) is 0 Å². The molecule has 1 aliphatic rings. The third-order valence-electron chi connectivity index (χ3n) is 4.63. The molecule has 1 N–H and O–H groups in total. The number of anilines is 2. The van der Waals surface area contributed by atoms with E-state index in [1.54, 1.807) is 36.4 Å². The van der Waals surface area contributed by atoms with E-state index in [1.807, 2.05) is 11.0 Å². The third kappa shape index (κ3) is 4.02. The van der Waals surface area contributed by atoms with Crippen molar-refractivity contribution in [1.29, 1.82) is 0 Å². The van der Waals surface area contributed by atoms with Crippen molar-refractivity contribution in [3.8, 4) is 0 Å². The first-order valence-corrected chi connectivity index (χ1v) is 8.57. The number of carbonyl (C=O) groups excluding carboxylic acids is 2. The number of ether oxygens (including phenoxy) is 1. The quantitative estimate of drug-likeness (QED) is 0.853. The number of hydrogen-bond donors (Lipinski definition) is 1. The molecule has 26 heavy (non-hydrogen) atoms. The zero-order valence-electron chi connectivity index (χ0n) is 14.6. The molecule has 2 aromatic carbocycles. The maximum absolute atomic E-state index is 13.9. The minimum atomic E-state index is -0.414. The van der Waals surface area contributed by atoms with Crippen LogP contribution in [0.1, 0.15) is 23.2 Å². The largest absolute Gasteiger partial charge is 0.465 e. The molecule has 1 saturated heterocycles. The minimum absolute atomic E-state index is 0.0519. The van der Waals surface area contributed by atoms with Gasteiger partial charge in [0, 0.05) is 24.7 Å². The van der Waals surface area contributed by atoms with Crippen molar-refractivity contribution in [2.75, 3.05) is 30.4 Å². The Hall–Kier alpha value is -2.89. The summed E-state index contributed by atoms with van der Waals surface area (Å²) in [5.41, 5.74) is 1.66. The van der Waals surface area contributed by atoms with Gasteiger partial charge in [-0.2, -0.15) is 0 Å². The van der Waals surface area contributed by atoms with E-state index >= 15 is 0 Å². The molecule has 1 fully saturated rings. The number of hydrogen-bond acceptors (Lipinski definition) is 4. The average Bonchev–Trinajstić information content (AvgIpc) is 2.68. The van der Waals surface area contributed by atoms with Crippen molar-refractivity contribution in [2.24, 2.45) is 5.92 Å². The fourth-order valence-corrected chi connectivity index (χ4v) is 3.14. The number of benzene rings is 2. The summed E-state index contributed by atoms with van der Waals surface area (Å²) in [7, 11) is 1.33. The van der Waals surface area contributed by atoms with E-state index in [-0.39, 0.29) is 17.6 Å². The summed E-state index contributed by atoms with van der Waals surface area (Å²) >= 11 is 0. The Morgan fingerprint density at radius 2 is 1.73 bits per heavy atom. The van der Waals surface area contributed by atoms with E-state index in [4.69, 9.17) is 0 Å². The van der Waals surface area contributed by atoms with Crippen LogP contribution in [0.15, 0.2) is 48.5 Å². The normalized spacial score (nSPS) is 14.8. The van der Waals surface area contributed by atoms with Gasteiger partial charge in [-0.25, -0.2) is 9.18 Å². The molecule has 5 nitrogen and oxygen atoms in total. The Kier molecular flexibility index (Phi) is 5.51. The second-order valence-electron chi connectivity index (χ2n) is 6.27.